The Morgan fingerprint density at radius 3 is 2.29 bits per heavy atom. The highest BCUT2D eigenvalue weighted by Crippen LogP contribution is 2.54. The van der Waals surface area contributed by atoms with Crippen LogP contribution in [0.15, 0.2) is 0 Å². The molecule has 3 rings (SSSR count). The van der Waals surface area contributed by atoms with Gasteiger partial charge >= 0.3 is 12.1 Å². The van der Waals surface area contributed by atoms with Crippen LogP contribution in [0.25, 0.3) is 0 Å². The minimum atomic E-state index is -5.17. The van der Waals surface area contributed by atoms with Crippen LogP contribution in [0.2, 0.25) is 0 Å². The molecular formula is C22H32F3N5O5. The number of likely N-dealkylation sites (N-methyl/N-ethyl adjacent to an activating group) is 1. The number of hydrogen-bond acceptors (Lipinski definition) is 5. The van der Waals surface area contributed by atoms with Crippen molar-refractivity contribution in [3.63, 3.8) is 0 Å². The molecule has 4 atom stereocenters. The second-order valence-electron chi connectivity index (χ2n) is 10.6. The van der Waals surface area contributed by atoms with Gasteiger partial charge < -0.3 is 26.2 Å². The van der Waals surface area contributed by atoms with Crippen molar-refractivity contribution in [2.75, 3.05) is 13.6 Å². The van der Waals surface area contributed by atoms with Crippen molar-refractivity contribution in [3.8, 4) is 0 Å². The Bertz CT molecular complexity index is 935. The maximum Gasteiger partial charge on any atom is 0.471 e. The van der Waals surface area contributed by atoms with Crippen LogP contribution >= 0.6 is 0 Å². The molecule has 3 aliphatic rings. The van der Waals surface area contributed by atoms with Crippen LogP contribution in [0, 0.1) is 11.3 Å². The predicted molar refractivity (Wildman–Crippen MR) is 116 cm³/mol. The molecule has 4 N–H and O–H groups in total. The summed E-state index contributed by atoms with van der Waals surface area (Å²) < 4.78 is 37.9. The molecule has 0 unspecified atom stereocenters. The highest BCUT2D eigenvalue weighted by atomic mass is 19.4. The minimum absolute atomic E-state index is 0.0377. The topological polar surface area (TPSA) is 142 Å². The smallest absolute Gasteiger partial charge is 0.368 e. The largest absolute Gasteiger partial charge is 0.471 e. The molecular weight excluding hydrogens is 471 g/mol. The fraction of sp³-hybridized carbons (Fsp3) is 0.773. The number of hydrogen-bond donors (Lipinski definition) is 3. The molecule has 1 saturated carbocycles. The van der Waals surface area contributed by atoms with Crippen molar-refractivity contribution < 1.29 is 37.1 Å². The lowest BCUT2D eigenvalue weighted by atomic mass is 9.81. The zero-order valence-corrected chi connectivity index (χ0v) is 20.2. The fourth-order valence-electron chi connectivity index (χ4n) is 5.22. The lowest BCUT2D eigenvalue weighted by Crippen LogP contribution is -2.57. The van der Waals surface area contributed by atoms with Crippen LogP contribution < -0.4 is 16.4 Å². The minimum Gasteiger partial charge on any atom is -0.368 e. The van der Waals surface area contributed by atoms with Gasteiger partial charge in [-0.05, 0) is 44.9 Å². The summed E-state index contributed by atoms with van der Waals surface area (Å²) in [4.78, 5) is 65.2. The molecule has 1 aliphatic carbocycles. The number of amides is 5. The number of rotatable bonds is 7. The molecule has 3 fully saturated rings. The lowest BCUT2D eigenvalue weighted by molar-refractivity contribution is -0.175. The zero-order valence-electron chi connectivity index (χ0n) is 20.2. The molecule has 5 amide bonds. The number of likely N-dealkylation sites (tertiary alicyclic amines) is 1. The van der Waals surface area contributed by atoms with Crippen LogP contribution in [-0.2, 0) is 24.0 Å². The van der Waals surface area contributed by atoms with Gasteiger partial charge in [0.2, 0.25) is 23.6 Å². The highest BCUT2D eigenvalue weighted by molar-refractivity contribution is 5.97. The lowest BCUT2D eigenvalue weighted by Gasteiger charge is -2.35. The Morgan fingerprint density at radius 2 is 1.83 bits per heavy atom. The molecule has 2 heterocycles. The van der Waals surface area contributed by atoms with E-state index in [0.717, 1.165) is 24.7 Å². The number of alkyl halides is 3. The zero-order chi connectivity index (χ0) is 26.5. The molecule has 10 nitrogen and oxygen atoms in total. The number of halogens is 3. The molecule has 2 spiro atoms. The predicted octanol–water partition coefficient (Wildman–Crippen LogP) is 0.0516. The number of nitrogens with one attached hydrogen (secondary N) is 2. The van der Waals surface area contributed by atoms with E-state index in [2.05, 4.69) is 5.32 Å². The second kappa shape index (κ2) is 8.98. The summed E-state index contributed by atoms with van der Waals surface area (Å²) in [5.74, 6) is -4.90. The molecule has 0 radical (unpaired) electrons. The summed E-state index contributed by atoms with van der Waals surface area (Å²) in [6.07, 6.45) is -2.82. The van der Waals surface area contributed by atoms with E-state index in [1.165, 1.54) is 11.9 Å². The average Bonchev–Trinajstić information content (AvgIpc) is 3.26. The maximum absolute atomic E-state index is 13.7. The van der Waals surface area contributed by atoms with E-state index in [-0.39, 0.29) is 36.8 Å². The van der Waals surface area contributed by atoms with Crippen molar-refractivity contribution in [2.45, 2.75) is 82.7 Å². The van der Waals surface area contributed by atoms with Gasteiger partial charge in [0.05, 0.1) is 5.41 Å². The van der Waals surface area contributed by atoms with E-state index in [1.807, 2.05) is 0 Å². The van der Waals surface area contributed by atoms with Crippen LogP contribution in [0.4, 0.5) is 13.2 Å². The Morgan fingerprint density at radius 1 is 1.23 bits per heavy atom. The van der Waals surface area contributed by atoms with E-state index in [1.54, 1.807) is 19.2 Å². The van der Waals surface area contributed by atoms with Gasteiger partial charge in [0.15, 0.2) is 0 Å². The van der Waals surface area contributed by atoms with E-state index in [4.69, 9.17) is 5.73 Å². The molecule has 2 saturated heterocycles. The molecule has 0 aromatic heterocycles. The Hall–Kier alpha value is -2.86. The van der Waals surface area contributed by atoms with Gasteiger partial charge in [-0.1, -0.05) is 13.8 Å². The summed E-state index contributed by atoms with van der Waals surface area (Å²) in [6, 6.07) is -3.74. The number of nitrogens with zero attached hydrogens (tertiary/aromatic N) is 2. The van der Waals surface area contributed by atoms with Crippen LogP contribution in [0.1, 0.15) is 52.9 Å². The first kappa shape index (κ1) is 26.7. The molecule has 0 aromatic rings. The molecule has 35 heavy (non-hydrogen) atoms. The Labute approximate surface area is 201 Å². The third kappa shape index (κ3) is 5.22. The van der Waals surface area contributed by atoms with E-state index in [0.29, 0.717) is 6.42 Å². The second-order valence-corrected chi connectivity index (χ2v) is 10.6. The molecule has 13 heteroatoms. The SMILES string of the molecule is CC(C)C[C@@H](C(=O)N1C[C@@]2(C[C@H]1C(N)=O)CC1(CC1)NC2=O)N(C)C(=O)[C@H](C)NC(=O)C(F)(F)F. The number of nitrogens with two attached hydrogens (primary N) is 1. The monoisotopic (exact) mass is 503 g/mol. The molecule has 2 aliphatic heterocycles. The third-order valence-corrected chi connectivity index (χ3v) is 7.21. The quantitative estimate of drug-likeness (QED) is 0.450. The number of carbonyl (C=O) groups is 5. The Kier molecular flexibility index (Phi) is 6.86. The summed E-state index contributed by atoms with van der Waals surface area (Å²) >= 11 is 0. The average molecular weight is 504 g/mol. The van der Waals surface area contributed by atoms with Crippen LogP contribution in [0.3, 0.4) is 0 Å². The first-order valence-electron chi connectivity index (χ1n) is 11.6. The van der Waals surface area contributed by atoms with Crippen molar-refractivity contribution in [2.24, 2.45) is 17.1 Å². The van der Waals surface area contributed by atoms with Crippen LogP contribution in [0.5, 0.6) is 0 Å². The maximum atomic E-state index is 13.7. The van der Waals surface area contributed by atoms with Gasteiger partial charge in [0.25, 0.3) is 0 Å². The normalized spacial score (nSPS) is 26.6. The Balaban J connectivity index is 1.83. The standard InChI is InChI=1S/C22H32F3N5O5/c1-11(2)7-13(29(4)16(32)12(3)27-19(35)22(23,24)25)17(33)30-10-20(8-14(30)15(26)31)9-21(5-6-21)28-18(20)34/h11-14H,5-10H2,1-4H3,(H2,26,31)(H,27,35)(H,28,34)/t12-,13-,14-,20+/m0/s1. The van der Waals surface area contributed by atoms with Gasteiger partial charge in [-0.25, -0.2) is 0 Å². The van der Waals surface area contributed by atoms with Gasteiger partial charge in [0, 0.05) is 19.1 Å². The van der Waals surface area contributed by atoms with Gasteiger partial charge in [-0.3, -0.25) is 24.0 Å². The first-order valence-corrected chi connectivity index (χ1v) is 11.6. The number of carbonyl (C=O) groups excluding carboxylic acids is 5. The van der Waals surface area contributed by atoms with E-state index in [9.17, 15) is 37.1 Å². The van der Waals surface area contributed by atoms with E-state index < -0.39 is 53.3 Å². The molecule has 0 bridgehead atoms. The van der Waals surface area contributed by atoms with Crippen molar-refractivity contribution >= 4 is 29.5 Å². The van der Waals surface area contributed by atoms with E-state index >= 15 is 0 Å². The van der Waals surface area contributed by atoms with Crippen molar-refractivity contribution in [3.05, 3.63) is 0 Å². The fourth-order valence-corrected chi connectivity index (χ4v) is 5.22. The highest BCUT2D eigenvalue weighted by Gasteiger charge is 2.64. The summed E-state index contributed by atoms with van der Waals surface area (Å²) in [5.41, 5.74) is 4.34. The van der Waals surface area contributed by atoms with Gasteiger partial charge in [-0.15, -0.1) is 0 Å². The summed E-state index contributed by atoms with van der Waals surface area (Å²) in [5, 5.41) is 4.58. The summed E-state index contributed by atoms with van der Waals surface area (Å²) in [7, 11) is 1.26. The number of primary amides is 1. The van der Waals surface area contributed by atoms with Gasteiger partial charge in [0.1, 0.15) is 18.1 Å². The van der Waals surface area contributed by atoms with Gasteiger partial charge in [-0.2, -0.15) is 13.2 Å². The molecule has 0 aromatic carbocycles. The van der Waals surface area contributed by atoms with Crippen LogP contribution in [-0.4, -0.2) is 82.8 Å². The van der Waals surface area contributed by atoms with Crippen molar-refractivity contribution in [1.29, 1.82) is 0 Å². The first-order chi connectivity index (χ1) is 16.0. The van der Waals surface area contributed by atoms with Crippen molar-refractivity contribution in [1.82, 2.24) is 20.4 Å². The third-order valence-electron chi connectivity index (χ3n) is 7.21. The summed E-state index contributed by atoms with van der Waals surface area (Å²) in [6.45, 7) is 4.65. The molecule has 196 valence electrons.